The quantitative estimate of drug-likeness (QED) is 0.267. The third-order valence-corrected chi connectivity index (χ3v) is 12.1. The lowest BCUT2D eigenvalue weighted by Crippen LogP contribution is -2.35. The van der Waals surface area contributed by atoms with Gasteiger partial charge in [-0.2, -0.15) is 36.6 Å². The summed E-state index contributed by atoms with van der Waals surface area (Å²) in [6.45, 7) is 0. The monoisotopic (exact) mass is 611 g/mol. The molecule has 0 spiro atoms. The third kappa shape index (κ3) is 4.97. The van der Waals surface area contributed by atoms with Crippen LogP contribution in [0, 0.1) is 64.2 Å². The minimum Gasteiger partial charge on any atom is -0.309 e. The number of nitriles is 1. The van der Waals surface area contributed by atoms with Crippen molar-refractivity contribution in [3.63, 3.8) is 0 Å². The molecule has 7 rings (SSSR count). The molecule has 44 heavy (non-hydrogen) atoms. The predicted molar refractivity (Wildman–Crippen MR) is 154 cm³/mol. The van der Waals surface area contributed by atoms with E-state index in [1.165, 1.54) is 24.3 Å². The molecule has 0 amide bonds. The highest BCUT2D eigenvalue weighted by Gasteiger charge is 2.59. The van der Waals surface area contributed by atoms with Gasteiger partial charge in [0.25, 0.3) is 0 Å². The molecule has 5 saturated carbocycles. The molecule has 0 saturated heterocycles. The van der Waals surface area contributed by atoms with Crippen molar-refractivity contribution in [2.45, 2.75) is 75.6 Å². The van der Waals surface area contributed by atoms with Crippen LogP contribution in [0.5, 0.6) is 0 Å². The zero-order valence-electron chi connectivity index (χ0n) is 24.2. The summed E-state index contributed by atoms with van der Waals surface area (Å²) < 4.78 is 80.5. The number of fused-ring (bicyclic) bond motifs is 6. The summed E-state index contributed by atoms with van der Waals surface area (Å²) in [5, 5.41) is 18.9. The van der Waals surface area contributed by atoms with E-state index in [9.17, 15) is 37.0 Å². The van der Waals surface area contributed by atoms with Gasteiger partial charge < -0.3 is 5.41 Å². The number of nitrogens with zero attached hydrogens (tertiary/aromatic N) is 2. The van der Waals surface area contributed by atoms with E-state index in [1.54, 1.807) is 12.1 Å². The normalized spacial score (nSPS) is 37.6. The summed E-state index contributed by atoms with van der Waals surface area (Å²) in [6.07, 6.45) is -0.203. The Morgan fingerprint density at radius 3 is 1.66 bits per heavy atom. The smallest absolute Gasteiger partial charge is 0.309 e. The second kappa shape index (κ2) is 10.7. The maximum absolute atomic E-state index is 13.4. The molecule has 1 N–H and O–H groups in total. The molecule has 5 aliphatic rings. The Hall–Kier alpha value is -3.15. The number of nitrogens with one attached hydrogen (secondary N) is 1. The van der Waals surface area contributed by atoms with Gasteiger partial charge in [0.1, 0.15) is 0 Å². The molecule has 0 bridgehead atoms. The Bertz CT molecular complexity index is 1520. The zero-order valence-corrected chi connectivity index (χ0v) is 24.2. The van der Waals surface area contributed by atoms with Crippen molar-refractivity contribution in [2.24, 2.45) is 52.3 Å². The second-order valence-electron chi connectivity index (χ2n) is 13.9. The maximum Gasteiger partial charge on any atom is 0.416 e. The average Bonchev–Trinajstić information content (AvgIpc) is 3.45. The van der Waals surface area contributed by atoms with E-state index < -0.39 is 23.5 Å². The summed E-state index contributed by atoms with van der Waals surface area (Å²) in [4.78, 5) is 4.37. The van der Waals surface area contributed by atoms with Gasteiger partial charge in [0.15, 0.2) is 0 Å². The molecule has 0 radical (unpaired) electrons. The van der Waals surface area contributed by atoms with Gasteiger partial charge in [0.05, 0.1) is 11.1 Å². The van der Waals surface area contributed by atoms with Crippen LogP contribution >= 0.6 is 0 Å². The average molecular weight is 612 g/mol. The van der Waals surface area contributed by atoms with Crippen LogP contribution in [-0.2, 0) is 12.4 Å². The van der Waals surface area contributed by atoms with E-state index in [0.717, 1.165) is 62.1 Å². The van der Waals surface area contributed by atoms with Crippen LogP contribution in [0.2, 0.25) is 0 Å². The lowest BCUT2D eigenvalue weighted by molar-refractivity contribution is -0.138. The number of hydrogen-bond donors (Lipinski definition) is 1. The van der Waals surface area contributed by atoms with Gasteiger partial charge in [-0.25, -0.2) is 0 Å². The lowest BCUT2D eigenvalue weighted by Gasteiger charge is -2.41. The molecule has 5 aliphatic carbocycles. The topological polar surface area (TPSA) is 60.0 Å². The van der Waals surface area contributed by atoms with Gasteiger partial charge in [0.2, 0.25) is 6.19 Å². The van der Waals surface area contributed by atoms with Crippen LogP contribution in [-0.4, -0.2) is 11.4 Å². The van der Waals surface area contributed by atoms with Gasteiger partial charge in [-0.3, -0.25) is 0 Å². The predicted octanol–water partition coefficient (Wildman–Crippen LogP) is 9.65. The first-order valence-electron chi connectivity index (χ1n) is 15.8. The largest absolute Gasteiger partial charge is 0.416 e. The fourth-order valence-electron chi connectivity index (χ4n) is 10.3. The number of alkyl halides is 6. The van der Waals surface area contributed by atoms with Crippen molar-refractivity contribution in [3.8, 4) is 6.19 Å². The molecule has 5 fully saturated rings. The summed E-state index contributed by atoms with van der Waals surface area (Å²) >= 11 is 0. The highest BCUT2D eigenvalue weighted by Crippen LogP contribution is 2.63. The van der Waals surface area contributed by atoms with Crippen LogP contribution in [0.1, 0.15) is 85.5 Å². The molecule has 2 aromatic rings. The van der Waals surface area contributed by atoms with Crippen molar-refractivity contribution in [1.29, 1.82) is 10.7 Å². The van der Waals surface area contributed by atoms with E-state index in [0.29, 0.717) is 47.6 Å². The number of aliphatic imine (C=N–C) groups is 1. The summed E-state index contributed by atoms with van der Waals surface area (Å²) in [7, 11) is 0. The minimum absolute atomic E-state index is 0.00442. The van der Waals surface area contributed by atoms with Gasteiger partial charge in [-0.1, -0.05) is 36.4 Å². The highest BCUT2D eigenvalue weighted by molar-refractivity contribution is 5.95. The van der Waals surface area contributed by atoms with E-state index in [2.05, 4.69) is 4.99 Å². The number of hydrogen-bond acceptors (Lipinski definition) is 3. The number of benzene rings is 2. The van der Waals surface area contributed by atoms with Crippen LogP contribution < -0.4 is 0 Å². The van der Waals surface area contributed by atoms with Gasteiger partial charge in [0, 0.05) is 35.1 Å². The van der Waals surface area contributed by atoms with Crippen LogP contribution in [0.4, 0.5) is 26.3 Å². The minimum atomic E-state index is -4.39. The Morgan fingerprint density at radius 2 is 1.11 bits per heavy atom. The Labute approximate surface area is 253 Å². The van der Waals surface area contributed by atoms with E-state index in [4.69, 9.17) is 0 Å². The third-order valence-electron chi connectivity index (χ3n) is 12.1. The van der Waals surface area contributed by atoms with Gasteiger partial charge >= 0.3 is 12.4 Å². The Balaban J connectivity index is 1.10. The van der Waals surface area contributed by atoms with Crippen molar-refractivity contribution < 1.29 is 26.3 Å². The fraction of sp³-hybridized carbons (Fsp3) is 0.571. The van der Waals surface area contributed by atoms with Crippen molar-refractivity contribution in [2.75, 3.05) is 0 Å². The molecule has 2 aromatic carbocycles. The maximum atomic E-state index is 13.4. The molecule has 10 unspecified atom stereocenters. The SMILES string of the molecule is N#CN=C1C2CC(c3cccc(C(F)(F)F)c3)CCC2C2CC3C(CC12)C(=N)C1CC(c2cccc(C(F)(F)F)c2)CCC13. The molecule has 232 valence electrons. The summed E-state index contributed by atoms with van der Waals surface area (Å²) in [5.41, 5.74) is 1.77. The molecular weight excluding hydrogens is 576 g/mol. The molecule has 10 atom stereocenters. The number of halogens is 6. The van der Waals surface area contributed by atoms with Crippen molar-refractivity contribution >= 4 is 11.4 Å². The molecular formula is C35H35F6N3. The Morgan fingerprint density at radius 1 is 0.636 bits per heavy atom. The van der Waals surface area contributed by atoms with Crippen LogP contribution in [0.3, 0.4) is 0 Å². The summed E-state index contributed by atoms with van der Waals surface area (Å²) in [6, 6.07) is 11.3. The van der Waals surface area contributed by atoms with E-state index in [1.807, 2.05) is 6.19 Å². The molecule has 9 heteroatoms. The number of rotatable bonds is 2. The molecule has 0 heterocycles. The molecule has 3 nitrogen and oxygen atoms in total. The first-order chi connectivity index (χ1) is 20.9. The van der Waals surface area contributed by atoms with Crippen LogP contribution in [0.25, 0.3) is 0 Å². The van der Waals surface area contributed by atoms with Gasteiger partial charge in [-0.05, 0) is 110 Å². The fourth-order valence-corrected chi connectivity index (χ4v) is 10.3. The van der Waals surface area contributed by atoms with E-state index in [-0.39, 0.29) is 35.5 Å². The van der Waals surface area contributed by atoms with Crippen LogP contribution in [0.15, 0.2) is 53.5 Å². The standard InChI is InChI=1S/C35H35F6N3/c36-34(37,38)22-5-1-3-18(11-22)20-7-9-24-26-15-27-25-10-8-21(19-4-2-6-23(12-19)35(39,40)41)14-30(25)33(44-17-42)31(27)16-29(26)32(43)28(24)13-20/h1-6,11-12,20-21,24-31,43H,7-10,13-16H2. The molecule has 0 aliphatic heterocycles. The second-order valence-corrected chi connectivity index (χ2v) is 13.9. The van der Waals surface area contributed by atoms with Gasteiger partial charge in [-0.15, -0.1) is 0 Å². The molecule has 0 aromatic heterocycles. The summed E-state index contributed by atoms with van der Waals surface area (Å²) in [5.74, 6) is 1.72. The Kier molecular flexibility index (Phi) is 7.21. The first kappa shape index (κ1) is 29.6. The van der Waals surface area contributed by atoms with Crippen molar-refractivity contribution in [1.82, 2.24) is 0 Å². The highest BCUT2D eigenvalue weighted by atomic mass is 19.4. The first-order valence-corrected chi connectivity index (χ1v) is 15.8. The van der Waals surface area contributed by atoms with E-state index >= 15 is 0 Å². The lowest BCUT2D eigenvalue weighted by atomic mass is 9.63. The zero-order chi connectivity index (χ0) is 31.0. The van der Waals surface area contributed by atoms with Crippen molar-refractivity contribution in [3.05, 3.63) is 70.8 Å².